The molecule has 0 aromatic carbocycles. The molecule has 1 aliphatic carbocycles. The van der Waals surface area contributed by atoms with E-state index in [-0.39, 0.29) is 5.91 Å². The van der Waals surface area contributed by atoms with Crippen molar-refractivity contribution in [1.82, 2.24) is 9.88 Å². The summed E-state index contributed by atoms with van der Waals surface area (Å²) in [6.45, 7) is 4.07. The number of alkyl halides is 2. The largest absolute Gasteiger partial charge is 0.464 e. The number of carbonyl (C=O) groups is 1. The number of hydrogen-bond donors (Lipinski definition) is 0. The SMILES string of the molecule is CCC(=O)N=CC1CCC(CCN2CCc3sc(OCC(F)F)nc3C2)CC1. The fourth-order valence-corrected chi connectivity index (χ4v) is 4.80. The highest BCUT2D eigenvalue weighted by molar-refractivity contribution is 7.13. The van der Waals surface area contributed by atoms with Crippen molar-refractivity contribution < 1.29 is 18.3 Å². The molecule has 2 aliphatic rings. The zero-order chi connectivity index (χ0) is 19.9. The van der Waals surface area contributed by atoms with Crippen molar-refractivity contribution in [3.05, 3.63) is 10.6 Å². The Hall–Kier alpha value is -1.41. The van der Waals surface area contributed by atoms with E-state index in [1.54, 1.807) is 0 Å². The Morgan fingerprint density at radius 1 is 1.39 bits per heavy atom. The van der Waals surface area contributed by atoms with Crippen LogP contribution in [-0.4, -0.2) is 48.1 Å². The Morgan fingerprint density at radius 2 is 2.18 bits per heavy atom. The summed E-state index contributed by atoms with van der Waals surface area (Å²) in [6.07, 6.45) is 6.58. The number of aromatic nitrogens is 1. The lowest BCUT2D eigenvalue weighted by atomic mass is 9.81. The first kappa shape index (κ1) is 21.3. The zero-order valence-corrected chi connectivity index (χ0v) is 17.2. The fraction of sp³-hybridized carbons (Fsp3) is 0.750. The molecule has 0 unspecified atom stereocenters. The molecule has 1 aromatic rings. The standard InChI is InChI=1S/C20H29F2N3O2S/c1-2-19(26)23-11-15-5-3-14(4-6-15)7-9-25-10-8-17-16(12-25)24-20(28-17)27-13-18(21)22/h11,14-15,18H,2-10,12-13H2,1H3. The quantitative estimate of drug-likeness (QED) is 0.595. The van der Waals surface area contributed by atoms with Crippen molar-refractivity contribution in [3.8, 4) is 5.19 Å². The van der Waals surface area contributed by atoms with Crippen molar-refractivity contribution in [2.24, 2.45) is 16.8 Å². The van der Waals surface area contributed by atoms with Gasteiger partial charge >= 0.3 is 0 Å². The van der Waals surface area contributed by atoms with Gasteiger partial charge in [-0.2, -0.15) is 0 Å². The molecule has 0 saturated heterocycles. The van der Waals surface area contributed by atoms with Crippen LogP contribution in [0.2, 0.25) is 0 Å². The maximum Gasteiger partial charge on any atom is 0.273 e. The maximum absolute atomic E-state index is 12.3. The molecular formula is C20H29F2N3O2S. The third-order valence-corrected chi connectivity index (χ3v) is 6.67. The summed E-state index contributed by atoms with van der Waals surface area (Å²) in [5.41, 5.74) is 0.987. The van der Waals surface area contributed by atoms with E-state index in [4.69, 9.17) is 4.74 Å². The summed E-state index contributed by atoms with van der Waals surface area (Å²) < 4.78 is 29.6. The lowest BCUT2D eigenvalue weighted by Crippen LogP contribution is -2.32. The molecule has 0 radical (unpaired) electrons. The van der Waals surface area contributed by atoms with E-state index >= 15 is 0 Å². The van der Waals surface area contributed by atoms with E-state index in [1.807, 2.05) is 13.1 Å². The number of halogens is 2. The number of amides is 1. The Morgan fingerprint density at radius 3 is 2.89 bits per heavy atom. The smallest absolute Gasteiger partial charge is 0.273 e. The molecule has 0 spiro atoms. The third kappa shape index (κ3) is 6.30. The van der Waals surface area contributed by atoms with Crippen LogP contribution in [0.1, 0.15) is 56.0 Å². The lowest BCUT2D eigenvalue weighted by Gasteiger charge is -2.30. The summed E-state index contributed by atoms with van der Waals surface area (Å²) in [4.78, 5) is 23.3. The molecule has 0 N–H and O–H groups in total. The third-order valence-electron chi connectivity index (χ3n) is 5.60. The van der Waals surface area contributed by atoms with Crippen molar-refractivity contribution in [3.63, 3.8) is 0 Å². The first-order valence-corrected chi connectivity index (χ1v) is 11.0. The van der Waals surface area contributed by atoms with Crippen LogP contribution in [0.3, 0.4) is 0 Å². The van der Waals surface area contributed by atoms with Crippen molar-refractivity contribution in [1.29, 1.82) is 0 Å². The number of rotatable bonds is 8. The molecule has 0 atom stereocenters. The molecule has 156 valence electrons. The summed E-state index contributed by atoms with van der Waals surface area (Å²) in [6, 6.07) is 0. The zero-order valence-electron chi connectivity index (χ0n) is 16.4. The summed E-state index contributed by atoms with van der Waals surface area (Å²) in [7, 11) is 0. The number of fused-ring (bicyclic) bond motifs is 1. The molecule has 2 heterocycles. The van der Waals surface area contributed by atoms with Gasteiger partial charge in [-0.3, -0.25) is 9.69 Å². The normalized spacial score (nSPS) is 23.3. The van der Waals surface area contributed by atoms with Crippen molar-refractivity contribution >= 4 is 23.5 Å². The van der Waals surface area contributed by atoms with E-state index in [1.165, 1.54) is 35.5 Å². The Kier molecular flexibility index (Phi) is 7.91. The number of hydrogen-bond acceptors (Lipinski definition) is 5. The molecule has 1 amide bonds. The average Bonchev–Trinajstić information content (AvgIpc) is 3.12. The van der Waals surface area contributed by atoms with Gasteiger partial charge in [-0.05, 0) is 56.9 Å². The van der Waals surface area contributed by atoms with E-state index in [0.717, 1.165) is 50.5 Å². The second-order valence-corrected chi connectivity index (χ2v) is 8.72. The van der Waals surface area contributed by atoms with Gasteiger partial charge in [0.2, 0.25) is 5.91 Å². The first-order valence-electron chi connectivity index (χ1n) is 10.2. The lowest BCUT2D eigenvalue weighted by molar-refractivity contribution is -0.117. The molecule has 3 rings (SSSR count). The molecule has 1 saturated carbocycles. The minimum Gasteiger partial charge on any atom is -0.464 e. The van der Waals surface area contributed by atoms with Gasteiger partial charge < -0.3 is 4.74 Å². The second kappa shape index (κ2) is 10.4. The van der Waals surface area contributed by atoms with Gasteiger partial charge in [-0.15, -0.1) is 0 Å². The topological polar surface area (TPSA) is 54.8 Å². The van der Waals surface area contributed by atoms with Crippen molar-refractivity contribution in [2.75, 3.05) is 19.7 Å². The molecule has 1 fully saturated rings. The molecule has 28 heavy (non-hydrogen) atoms. The van der Waals surface area contributed by atoms with E-state index < -0.39 is 13.0 Å². The second-order valence-electron chi connectivity index (χ2n) is 7.67. The van der Waals surface area contributed by atoms with Crippen LogP contribution >= 0.6 is 11.3 Å². The average molecular weight is 414 g/mol. The number of thiazole rings is 1. The predicted octanol–water partition coefficient (Wildman–Crippen LogP) is 4.35. The molecule has 1 aliphatic heterocycles. The van der Waals surface area contributed by atoms with E-state index in [9.17, 15) is 13.6 Å². The van der Waals surface area contributed by atoms with Gasteiger partial charge in [-0.1, -0.05) is 18.3 Å². The molecular weight excluding hydrogens is 384 g/mol. The van der Waals surface area contributed by atoms with Crippen LogP contribution in [0.4, 0.5) is 8.78 Å². The van der Waals surface area contributed by atoms with Crippen LogP contribution in [0, 0.1) is 11.8 Å². The van der Waals surface area contributed by atoms with Crippen LogP contribution < -0.4 is 4.74 Å². The highest BCUT2D eigenvalue weighted by atomic mass is 32.1. The van der Waals surface area contributed by atoms with Crippen LogP contribution in [0.5, 0.6) is 5.19 Å². The van der Waals surface area contributed by atoms with Gasteiger partial charge in [0.25, 0.3) is 11.6 Å². The molecule has 1 aromatic heterocycles. The van der Waals surface area contributed by atoms with Gasteiger partial charge in [0.1, 0.15) is 0 Å². The van der Waals surface area contributed by atoms with Crippen LogP contribution in [0.25, 0.3) is 0 Å². The maximum atomic E-state index is 12.3. The van der Waals surface area contributed by atoms with Crippen LogP contribution in [0.15, 0.2) is 4.99 Å². The summed E-state index contributed by atoms with van der Waals surface area (Å²) in [5, 5.41) is 0.369. The highest BCUT2D eigenvalue weighted by Crippen LogP contribution is 2.32. The minimum absolute atomic E-state index is 0.0311. The molecule has 8 heteroatoms. The fourth-order valence-electron chi connectivity index (χ4n) is 3.89. The van der Waals surface area contributed by atoms with Gasteiger partial charge in [0.05, 0.1) is 5.69 Å². The van der Waals surface area contributed by atoms with Crippen molar-refractivity contribution in [2.45, 2.75) is 64.8 Å². The molecule has 5 nitrogen and oxygen atoms in total. The van der Waals surface area contributed by atoms with Gasteiger partial charge in [0.15, 0.2) is 6.61 Å². The number of nitrogens with zero attached hydrogens (tertiary/aromatic N) is 3. The van der Waals surface area contributed by atoms with E-state index in [2.05, 4.69) is 14.9 Å². The number of aliphatic imine (C=N–C) groups is 1. The minimum atomic E-state index is -2.47. The summed E-state index contributed by atoms with van der Waals surface area (Å²) >= 11 is 1.40. The summed E-state index contributed by atoms with van der Waals surface area (Å²) in [5.74, 6) is 1.15. The predicted molar refractivity (Wildman–Crippen MR) is 106 cm³/mol. The first-order chi connectivity index (χ1) is 13.5. The Bertz CT molecular complexity index is 672. The van der Waals surface area contributed by atoms with Crippen LogP contribution in [-0.2, 0) is 17.8 Å². The van der Waals surface area contributed by atoms with Gasteiger partial charge in [-0.25, -0.2) is 18.8 Å². The Balaban J connectivity index is 1.38. The number of ether oxygens (including phenoxy) is 1. The molecule has 0 bridgehead atoms. The monoisotopic (exact) mass is 413 g/mol. The van der Waals surface area contributed by atoms with E-state index in [0.29, 0.717) is 17.5 Å². The van der Waals surface area contributed by atoms with Gasteiger partial charge in [0, 0.05) is 30.6 Å². The Labute approximate surface area is 169 Å². The number of carbonyl (C=O) groups excluding carboxylic acids is 1. The highest BCUT2D eigenvalue weighted by Gasteiger charge is 2.24.